The minimum absolute atomic E-state index is 0.150. The molecule has 0 aliphatic carbocycles. The SMILES string of the molecule is Cc1cc(C)cc(C(=O)NCC(=O)NC2CN(S(=O)(=O)N(C)C)C2)c1. The third-order valence-corrected chi connectivity index (χ3v) is 5.77. The van der Waals surface area contributed by atoms with E-state index in [1.165, 1.54) is 18.4 Å². The van der Waals surface area contributed by atoms with Gasteiger partial charge in [0.15, 0.2) is 0 Å². The molecule has 9 heteroatoms. The van der Waals surface area contributed by atoms with Crippen LogP contribution in [0, 0.1) is 13.8 Å². The molecule has 1 aromatic rings. The van der Waals surface area contributed by atoms with E-state index in [1.54, 1.807) is 12.1 Å². The van der Waals surface area contributed by atoms with Crippen LogP contribution < -0.4 is 10.6 Å². The number of hydrogen-bond donors (Lipinski definition) is 2. The van der Waals surface area contributed by atoms with Crippen molar-refractivity contribution in [3.63, 3.8) is 0 Å². The lowest BCUT2D eigenvalue weighted by Crippen LogP contribution is -2.63. The quantitative estimate of drug-likeness (QED) is 0.716. The molecule has 8 nitrogen and oxygen atoms in total. The Morgan fingerprint density at radius 3 is 2.24 bits per heavy atom. The second kappa shape index (κ2) is 7.51. The van der Waals surface area contributed by atoms with Crippen LogP contribution in [0.2, 0.25) is 0 Å². The van der Waals surface area contributed by atoms with Gasteiger partial charge in [-0.1, -0.05) is 17.2 Å². The lowest BCUT2D eigenvalue weighted by molar-refractivity contribution is -0.121. The molecular weight excluding hydrogens is 344 g/mol. The van der Waals surface area contributed by atoms with Crippen molar-refractivity contribution in [3.05, 3.63) is 34.9 Å². The molecule has 0 radical (unpaired) electrons. The topological polar surface area (TPSA) is 98.8 Å². The van der Waals surface area contributed by atoms with Crippen LogP contribution in [-0.4, -0.2) is 68.6 Å². The van der Waals surface area contributed by atoms with E-state index < -0.39 is 10.2 Å². The molecule has 0 atom stereocenters. The number of rotatable bonds is 6. The van der Waals surface area contributed by atoms with Crippen molar-refractivity contribution in [2.75, 3.05) is 33.7 Å². The Morgan fingerprint density at radius 2 is 1.72 bits per heavy atom. The first-order valence-corrected chi connectivity index (χ1v) is 9.32. The van der Waals surface area contributed by atoms with Crippen molar-refractivity contribution in [2.24, 2.45) is 0 Å². The third kappa shape index (κ3) is 4.77. The van der Waals surface area contributed by atoms with Crippen LogP contribution in [0.25, 0.3) is 0 Å². The second-order valence-electron chi connectivity index (χ2n) is 6.43. The summed E-state index contributed by atoms with van der Waals surface area (Å²) in [6, 6.07) is 5.25. The average molecular weight is 368 g/mol. The van der Waals surface area contributed by atoms with Gasteiger partial charge in [0.2, 0.25) is 5.91 Å². The fourth-order valence-corrected chi connectivity index (χ4v) is 3.79. The molecule has 25 heavy (non-hydrogen) atoms. The standard InChI is InChI=1S/C16H24N4O4S/c1-11-5-12(2)7-13(6-11)16(22)17-8-15(21)18-14-9-20(10-14)25(23,24)19(3)4/h5-7,14H,8-10H2,1-4H3,(H,17,22)(H,18,21). The third-order valence-electron chi connectivity index (χ3n) is 3.89. The lowest BCUT2D eigenvalue weighted by Gasteiger charge is -2.39. The Labute approximate surface area is 148 Å². The largest absolute Gasteiger partial charge is 0.349 e. The highest BCUT2D eigenvalue weighted by Gasteiger charge is 2.37. The summed E-state index contributed by atoms with van der Waals surface area (Å²) in [7, 11) is -0.509. The number of amides is 2. The normalized spacial score (nSPS) is 15.7. The molecule has 0 aromatic heterocycles. The minimum Gasteiger partial charge on any atom is -0.349 e. The van der Waals surface area contributed by atoms with E-state index in [-0.39, 0.29) is 37.5 Å². The predicted molar refractivity (Wildman–Crippen MR) is 94.4 cm³/mol. The highest BCUT2D eigenvalue weighted by molar-refractivity contribution is 7.86. The van der Waals surface area contributed by atoms with E-state index in [9.17, 15) is 18.0 Å². The number of aryl methyl sites for hydroxylation is 2. The van der Waals surface area contributed by atoms with Crippen molar-refractivity contribution in [1.82, 2.24) is 19.2 Å². The number of hydrogen-bond acceptors (Lipinski definition) is 4. The zero-order chi connectivity index (χ0) is 18.8. The highest BCUT2D eigenvalue weighted by atomic mass is 32.2. The van der Waals surface area contributed by atoms with Crippen molar-refractivity contribution in [2.45, 2.75) is 19.9 Å². The zero-order valence-corrected chi connectivity index (χ0v) is 15.7. The van der Waals surface area contributed by atoms with E-state index in [0.717, 1.165) is 15.4 Å². The Morgan fingerprint density at radius 1 is 1.16 bits per heavy atom. The summed E-state index contributed by atoms with van der Waals surface area (Å²) < 4.78 is 26.1. The Kier molecular flexibility index (Phi) is 5.81. The van der Waals surface area contributed by atoms with Gasteiger partial charge in [0.25, 0.3) is 16.1 Å². The van der Waals surface area contributed by atoms with Crippen LogP contribution in [-0.2, 0) is 15.0 Å². The van der Waals surface area contributed by atoms with Crippen LogP contribution in [0.3, 0.4) is 0 Å². The van der Waals surface area contributed by atoms with Gasteiger partial charge in [-0.3, -0.25) is 9.59 Å². The van der Waals surface area contributed by atoms with Crippen LogP contribution in [0.1, 0.15) is 21.5 Å². The fraction of sp³-hybridized carbons (Fsp3) is 0.500. The van der Waals surface area contributed by atoms with E-state index in [1.807, 2.05) is 19.9 Å². The monoisotopic (exact) mass is 368 g/mol. The average Bonchev–Trinajstić information content (AvgIpc) is 2.46. The van der Waals surface area contributed by atoms with Crippen LogP contribution in [0.4, 0.5) is 0 Å². The maximum Gasteiger partial charge on any atom is 0.281 e. The first kappa shape index (κ1) is 19.4. The summed E-state index contributed by atoms with van der Waals surface area (Å²) in [5.74, 6) is -0.656. The Hall–Kier alpha value is -1.97. The van der Waals surface area contributed by atoms with Gasteiger partial charge in [-0.2, -0.15) is 17.0 Å². The van der Waals surface area contributed by atoms with Gasteiger partial charge in [-0.25, -0.2) is 0 Å². The first-order chi connectivity index (χ1) is 11.6. The molecule has 0 bridgehead atoms. The van der Waals surface area contributed by atoms with Gasteiger partial charge in [0.1, 0.15) is 0 Å². The molecule has 0 spiro atoms. The maximum atomic E-state index is 12.1. The van der Waals surface area contributed by atoms with E-state index in [0.29, 0.717) is 5.56 Å². The van der Waals surface area contributed by atoms with Gasteiger partial charge >= 0.3 is 0 Å². The summed E-state index contributed by atoms with van der Waals surface area (Å²) in [5.41, 5.74) is 2.47. The van der Waals surface area contributed by atoms with Gasteiger partial charge in [-0.05, 0) is 26.0 Å². The summed E-state index contributed by atoms with van der Waals surface area (Å²) >= 11 is 0. The smallest absolute Gasteiger partial charge is 0.281 e. The Bertz CT molecular complexity index is 750. The predicted octanol–water partition coefficient (Wildman–Crippen LogP) is -0.360. The minimum atomic E-state index is -3.43. The molecule has 1 aromatic carbocycles. The van der Waals surface area contributed by atoms with Crippen molar-refractivity contribution in [3.8, 4) is 0 Å². The van der Waals surface area contributed by atoms with Crippen molar-refractivity contribution in [1.29, 1.82) is 0 Å². The van der Waals surface area contributed by atoms with Gasteiger partial charge < -0.3 is 10.6 Å². The summed E-state index contributed by atoms with van der Waals surface area (Å²) in [4.78, 5) is 24.0. The second-order valence-corrected chi connectivity index (χ2v) is 8.57. The molecule has 138 valence electrons. The highest BCUT2D eigenvalue weighted by Crippen LogP contribution is 2.15. The fourth-order valence-electron chi connectivity index (χ4n) is 2.60. The molecular formula is C16H24N4O4S. The zero-order valence-electron chi connectivity index (χ0n) is 14.9. The van der Waals surface area contributed by atoms with Gasteiger partial charge in [0.05, 0.1) is 12.6 Å². The summed E-state index contributed by atoms with van der Waals surface area (Å²) in [5, 5.41) is 5.28. The van der Waals surface area contributed by atoms with E-state index >= 15 is 0 Å². The van der Waals surface area contributed by atoms with E-state index in [4.69, 9.17) is 0 Å². The first-order valence-electron chi connectivity index (χ1n) is 7.93. The van der Waals surface area contributed by atoms with Crippen LogP contribution in [0.5, 0.6) is 0 Å². The molecule has 1 fully saturated rings. The number of nitrogens with zero attached hydrogens (tertiary/aromatic N) is 2. The van der Waals surface area contributed by atoms with Crippen LogP contribution >= 0.6 is 0 Å². The molecule has 0 unspecified atom stereocenters. The number of carbonyl (C=O) groups excluding carboxylic acids is 2. The molecule has 1 heterocycles. The van der Waals surface area contributed by atoms with Crippen molar-refractivity contribution >= 4 is 22.0 Å². The molecule has 2 amide bonds. The number of carbonyl (C=O) groups is 2. The van der Waals surface area contributed by atoms with Crippen LogP contribution in [0.15, 0.2) is 18.2 Å². The van der Waals surface area contributed by atoms with Crippen molar-refractivity contribution < 1.29 is 18.0 Å². The molecule has 1 aliphatic rings. The lowest BCUT2D eigenvalue weighted by atomic mass is 10.1. The van der Waals surface area contributed by atoms with Gasteiger partial charge in [0, 0.05) is 32.7 Å². The number of benzene rings is 1. The Balaban J connectivity index is 1.78. The maximum absolute atomic E-state index is 12.1. The summed E-state index contributed by atoms with van der Waals surface area (Å²) in [6.07, 6.45) is 0. The van der Waals surface area contributed by atoms with E-state index in [2.05, 4.69) is 10.6 Å². The molecule has 0 saturated carbocycles. The van der Waals surface area contributed by atoms with Gasteiger partial charge in [-0.15, -0.1) is 0 Å². The molecule has 1 saturated heterocycles. The molecule has 1 aliphatic heterocycles. The molecule has 2 rings (SSSR count). The molecule has 2 N–H and O–H groups in total. The summed E-state index contributed by atoms with van der Waals surface area (Å²) in [6.45, 7) is 4.12. The number of nitrogens with one attached hydrogen (secondary N) is 2.